The number of nitrogens with zero attached hydrogens (tertiary/aromatic N) is 3. The summed E-state index contributed by atoms with van der Waals surface area (Å²) in [5, 5.41) is 12.2. The maximum atomic E-state index is 11.0. The SMILES string of the molecule is CC(C)c1cc(-n2ccc3ccccc32)ccc1-c1ccnc(-c2cccc(-c3cc(-c4cc(C(C)(C)C)cc(C(C)(C)C)c4)cc(-c4ccccc4O)n3)c2)c1. The number of benzene rings is 5. The van der Waals surface area contributed by atoms with Crippen molar-refractivity contribution < 1.29 is 5.11 Å². The first kappa shape index (κ1) is 37.7. The van der Waals surface area contributed by atoms with Gasteiger partial charge in [0.25, 0.3) is 0 Å². The number of phenolic OH excluding ortho intramolecular Hbond substituents is 1. The van der Waals surface area contributed by atoms with Gasteiger partial charge < -0.3 is 9.67 Å². The Morgan fingerprint density at radius 1 is 0.526 bits per heavy atom. The van der Waals surface area contributed by atoms with Crippen LogP contribution >= 0.6 is 0 Å². The van der Waals surface area contributed by atoms with Gasteiger partial charge in [-0.1, -0.05) is 128 Å². The van der Waals surface area contributed by atoms with Crippen LogP contribution in [-0.2, 0) is 10.8 Å². The molecule has 0 saturated heterocycles. The van der Waals surface area contributed by atoms with Gasteiger partial charge in [-0.3, -0.25) is 4.98 Å². The fourth-order valence-electron chi connectivity index (χ4n) is 7.68. The predicted molar refractivity (Wildman–Crippen MR) is 239 cm³/mol. The van der Waals surface area contributed by atoms with E-state index in [4.69, 9.17) is 9.97 Å². The van der Waals surface area contributed by atoms with Crippen molar-refractivity contribution in [3.05, 3.63) is 169 Å². The Morgan fingerprint density at radius 2 is 1.18 bits per heavy atom. The Balaban J connectivity index is 1.22. The Hall–Kier alpha value is -6.26. The van der Waals surface area contributed by atoms with Crippen molar-refractivity contribution in [2.75, 3.05) is 0 Å². The van der Waals surface area contributed by atoms with Gasteiger partial charge >= 0.3 is 0 Å². The molecule has 0 saturated carbocycles. The molecule has 0 aliphatic rings. The molecule has 0 amide bonds. The summed E-state index contributed by atoms with van der Waals surface area (Å²) in [4.78, 5) is 10.1. The summed E-state index contributed by atoms with van der Waals surface area (Å²) < 4.78 is 2.27. The third-order valence-corrected chi connectivity index (χ3v) is 11.1. The van der Waals surface area contributed by atoms with Gasteiger partial charge in [0, 0.05) is 34.8 Å². The summed E-state index contributed by atoms with van der Waals surface area (Å²) in [5.74, 6) is 0.527. The number of rotatable bonds is 7. The van der Waals surface area contributed by atoms with Crippen LogP contribution in [0.25, 0.3) is 72.6 Å². The van der Waals surface area contributed by atoms with Crippen LogP contribution in [0.1, 0.15) is 78.0 Å². The van der Waals surface area contributed by atoms with Crippen LogP contribution in [-0.4, -0.2) is 19.6 Å². The van der Waals surface area contributed by atoms with Gasteiger partial charge in [-0.2, -0.15) is 0 Å². The Labute approximate surface area is 337 Å². The van der Waals surface area contributed by atoms with E-state index in [1.165, 1.54) is 33.2 Å². The minimum absolute atomic E-state index is 0.0301. The Morgan fingerprint density at radius 3 is 1.89 bits per heavy atom. The molecular formula is C53H51N3O. The van der Waals surface area contributed by atoms with E-state index >= 15 is 0 Å². The fraction of sp³-hybridized carbons (Fsp3) is 0.208. The van der Waals surface area contributed by atoms with Crippen molar-refractivity contribution in [2.24, 2.45) is 0 Å². The quantitative estimate of drug-likeness (QED) is 0.177. The van der Waals surface area contributed by atoms with E-state index in [2.05, 4.69) is 181 Å². The second-order valence-electron chi connectivity index (χ2n) is 17.6. The minimum Gasteiger partial charge on any atom is -0.507 e. The van der Waals surface area contributed by atoms with Crippen LogP contribution < -0.4 is 0 Å². The van der Waals surface area contributed by atoms with Crippen LogP contribution in [0.3, 0.4) is 0 Å². The number of fused-ring (bicyclic) bond motifs is 1. The highest BCUT2D eigenvalue weighted by atomic mass is 16.3. The van der Waals surface area contributed by atoms with E-state index in [1.807, 2.05) is 24.4 Å². The number of aromatic nitrogens is 3. The Bertz CT molecular complexity index is 2720. The number of hydrogen-bond acceptors (Lipinski definition) is 3. The molecule has 1 N–H and O–H groups in total. The van der Waals surface area contributed by atoms with Gasteiger partial charge in [0.15, 0.2) is 0 Å². The van der Waals surface area contributed by atoms with E-state index in [1.54, 1.807) is 6.07 Å². The summed E-state index contributed by atoms with van der Waals surface area (Å²) in [5.41, 5.74) is 15.8. The van der Waals surface area contributed by atoms with Crippen LogP contribution in [0.5, 0.6) is 5.75 Å². The van der Waals surface area contributed by atoms with Gasteiger partial charge in [-0.15, -0.1) is 0 Å². The van der Waals surface area contributed by atoms with E-state index < -0.39 is 0 Å². The zero-order valence-corrected chi connectivity index (χ0v) is 34.3. The van der Waals surface area contributed by atoms with Gasteiger partial charge in [0.05, 0.1) is 22.6 Å². The average molecular weight is 746 g/mol. The smallest absolute Gasteiger partial charge is 0.124 e. The summed E-state index contributed by atoms with van der Waals surface area (Å²) in [7, 11) is 0. The van der Waals surface area contributed by atoms with Crippen LogP contribution in [0.4, 0.5) is 0 Å². The maximum Gasteiger partial charge on any atom is 0.124 e. The van der Waals surface area contributed by atoms with Crippen LogP contribution in [0.15, 0.2) is 152 Å². The standard InChI is InChI=1S/C53H51N3O/c1-34(2)46-33-43(56-25-23-35-14-9-11-18-50(35)56)20-21-44(46)36-22-24-54-47(29-36)37-15-13-16-38(26-37)48-30-40(31-49(55-48)45-17-10-12-19-51(45)57)39-27-41(52(3,4)5)32-42(28-39)53(6,7)8/h9-34,57H,1-8H3. The summed E-state index contributed by atoms with van der Waals surface area (Å²) in [6, 6.07) is 49.0. The maximum absolute atomic E-state index is 11.0. The fourth-order valence-corrected chi connectivity index (χ4v) is 7.68. The first-order chi connectivity index (χ1) is 27.2. The van der Waals surface area contributed by atoms with Crippen LogP contribution in [0.2, 0.25) is 0 Å². The number of aromatic hydroxyl groups is 1. The first-order valence-electron chi connectivity index (χ1n) is 20.0. The topological polar surface area (TPSA) is 50.9 Å². The van der Waals surface area contributed by atoms with E-state index in [9.17, 15) is 5.11 Å². The summed E-state index contributed by atoms with van der Waals surface area (Å²) in [6.07, 6.45) is 4.07. The number of phenols is 1. The molecule has 8 rings (SSSR count). The Kier molecular flexibility index (Phi) is 9.69. The van der Waals surface area contributed by atoms with Crippen molar-refractivity contribution in [1.82, 2.24) is 14.5 Å². The van der Waals surface area contributed by atoms with Crippen molar-refractivity contribution in [3.63, 3.8) is 0 Å². The van der Waals surface area contributed by atoms with Crippen LogP contribution in [0, 0.1) is 0 Å². The van der Waals surface area contributed by atoms with E-state index in [0.717, 1.165) is 50.6 Å². The highest BCUT2D eigenvalue weighted by molar-refractivity contribution is 5.84. The second-order valence-corrected chi connectivity index (χ2v) is 17.6. The predicted octanol–water partition coefficient (Wildman–Crippen LogP) is 14.2. The first-order valence-corrected chi connectivity index (χ1v) is 20.0. The zero-order chi connectivity index (χ0) is 40.1. The lowest BCUT2D eigenvalue weighted by atomic mass is 9.79. The lowest BCUT2D eigenvalue weighted by Crippen LogP contribution is -2.16. The lowest BCUT2D eigenvalue weighted by molar-refractivity contribution is 0.477. The van der Waals surface area contributed by atoms with E-state index in [0.29, 0.717) is 11.5 Å². The monoisotopic (exact) mass is 745 g/mol. The van der Waals surface area contributed by atoms with Crippen molar-refractivity contribution in [3.8, 4) is 67.5 Å². The molecule has 0 bridgehead atoms. The van der Waals surface area contributed by atoms with Gasteiger partial charge in [-0.05, 0) is 128 Å². The number of pyridine rings is 2. The van der Waals surface area contributed by atoms with Crippen molar-refractivity contribution >= 4 is 10.9 Å². The molecule has 5 aromatic carbocycles. The average Bonchev–Trinajstić information content (AvgIpc) is 3.64. The molecule has 0 unspecified atom stereocenters. The number of para-hydroxylation sites is 2. The molecule has 3 aromatic heterocycles. The molecule has 0 fully saturated rings. The molecular weight excluding hydrogens is 695 g/mol. The molecule has 8 aromatic rings. The molecule has 3 heterocycles. The second kappa shape index (κ2) is 14.7. The normalized spacial score (nSPS) is 12.1. The third-order valence-electron chi connectivity index (χ3n) is 11.1. The minimum atomic E-state index is -0.0301. The zero-order valence-electron chi connectivity index (χ0n) is 34.3. The van der Waals surface area contributed by atoms with Gasteiger partial charge in [0.2, 0.25) is 0 Å². The largest absolute Gasteiger partial charge is 0.507 e. The highest BCUT2D eigenvalue weighted by Gasteiger charge is 2.22. The number of hydrogen-bond donors (Lipinski definition) is 1. The molecule has 4 heteroatoms. The molecule has 0 radical (unpaired) electrons. The lowest BCUT2D eigenvalue weighted by Gasteiger charge is -2.26. The molecule has 4 nitrogen and oxygen atoms in total. The molecule has 0 atom stereocenters. The molecule has 57 heavy (non-hydrogen) atoms. The highest BCUT2D eigenvalue weighted by Crippen LogP contribution is 2.39. The van der Waals surface area contributed by atoms with Gasteiger partial charge in [0.1, 0.15) is 5.75 Å². The molecule has 284 valence electrons. The third kappa shape index (κ3) is 7.65. The van der Waals surface area contributed by atoms with Gasteiger partial charge in [-0.25, -0.2) is 4.98 Å². The molecule has 0 spiro atoms. The van der Waals surface area contributed by atoms with Crippen molar-refractivity contribution in [1.29, 1.82) is 0 Å². The van der Waals surface area contributed by atoms with E-state index in [-0.39, 0.29) is 16.6 Å². The summed E-state index contributed by atoms with van der Waals surface area (Å²) >= 11 is 0. The van der Waals surface area contributed by atoms with Crippen molar-refractivity contribution in [2.45, 2.75) is 72.1 Å². The molecule has 0 aliphatic carbocycles. The summed E-state index contributed by atoms with van der Waals surface area (Å²) in [6.45, 7) is 18.1. The molecule has 0 aliphatic heterocycles.